The molecular formula is C24H27N5O. The van der Waals surface area contributed by atoms with E-state index in [9.17, 15) is 4.79 Å². The molecule has 0 radical (unpaired) electrons. The van der Waals surface area contributed by atoms with Crippen molar-refractivity contribution in [3.8, 4) is 11.4 Å². The fourth-order valence-corrected chi connectivity index (χ4v) is 3.78. The summed E-state index contributed by atoms with van der Waals surface area (Å²) in [4.78, 5) is 28.1. The maximum Gasteiger partial charge on any atom is 0.253 e. The zero-order chi connectivity index (χ0) is 20.9. The Labute approximate surface area is 177 Å². The highest BCUT2D eigenvalue weighted by atomic mass is 16.2. The van der Waals surface area contributed by atoms with Crippen LogP contribution in [-0.2, 0) is 0 Å². The summed E-state index contributed by atoms with van der Waals surface area (Å²) in [6.45, 7) is 6.50. The summed E-state index contributed by atoms with van der Waals surface area (Å²) in [5.41, 5.74) is 3.78. The standard InChI is InChI=1S/C24H27N5O/c1-17-18(2)27-23(20-8-12-25-13-9-20)28-22(17)26-16-19-10-14-29(15-11-19)24(30)21-6-4-3-5-7-21/h3-9,12-13,19H,10-11,14-16H2,1-2H3,(H,26,27,28). The van der Waals surface area contributed by atoms with Gasteiger partial charge in [0.2, 0.25) is 0 Å². The first kappa shape index (κ1) is 20.0. The number of aryl methyl sites for hydroxylation is 1. The molecule has 0 aliphatic carbocycles. The lowest BCUT2D eigenvalue weighted by molar-refractivity contribution is 0.0695. The van der Waals surface area contributed by atoms with Gasteiger partial charge in [-0.15, -0.1) is 0 Å². The number of nitrogens with one attached hydrogen (secondary N) is 1. The summed E-state index contributed by atoms with van der Waals surface area (Å²) in [6, 6.07) is 13.4. The molecule has 1 fully saturated rings. The smallest absolute Gasteiger partial charge is 0.253 e. The minimum absolute atomic E-state index is 0.131. The second kappa shape index (κ2) is 9.03. The molecule has 1 aromatic carbocycles. The summed E-state index contributed by atoms with van der Waals surface area (Å²) in [6.07, 6.45) is 5.49. The van der Waals surface area contributed by atoms with Crippen LogP contribution in [0.25, 0.3) is 11.4 Å². The van der Waals surface area contributed by atoms with Crippen LogP contribution in [0.5, 0.6) is 0 Å². The molecule has 30 heavy (non-hydrogen) atoms. The highest BCUT2D eigenvalue weighted by Crippen LogP contribution is 2.23. The molecular weight excluding hydrogens is 374 g/mol. The number of likely N-dealkylation sites (tertiary alicyclic amines) is 1. The van der Waals surface area contributed by atoms with Crippen molar-refractivity contribution in [2.24, 2.45) is 5.92 Å². The molecule has 0 saturated carbocycles. The van der Waals surface area contributed by atoms with Gasteiger partial charge in [0, 0.05) is 54.4 Å². The average molecular weight is 402 g/mol. The Morgan fingerprint density at radius 3 is 2.43 bits per heavy atom. The minimum Gasteiger partial charge on any atom is -0.369 e. The van der Waals surface area contributed by atoms with Crippen LogP contribution < -0.4 is 5.32 Å². The van der Waals surface area contributed by atoms with E-state index >= 15 is 0 Å². The molecule has 1 saturated heterocycles. The molecule has 0 unspecified atom stereocenters. The summed E-state index contributed by atoms with van der Waals surface area (Å²) in [5.74, 6) is 2.25. The molecule has 6 nitrogen and oxygen atoms in total. The van der Waals surface area contributed by atoms with Crippen molar-refractivity contribution in [2.75, 3.05) is 25.0 Å². The molecule has 0 atom stereocenters. The van der Waals surface area contributed by atoms with Gasteiger partial charge >= 0.3 is 0 Å². The second-order valence-corrected chi connectivity index (χ2v) is 7.82. The van der Waals surface area contributed by atoms with Crippen molar-refractivity contribution in [3.05, 3.63) is 71.7 Å². The third-order valence-corrected chi connectivity index (χ3v) is 5.81. The van der Waals surface area contributed by atoms with E-state index in [-0.39, 0.29) is 5.91 Å². The number of rotatable bonds is 5. The fraction of sp³-hybridized carbons (Fsp3) is 0.333. The third-order valence-electron chi connectivity index (χ3n) is 5.81. The van der Waals surface area contributed by atoms with E-state index in [2.05, 4.69) is 22.2 Å². The first-order chi connectivity index (χ1) is 14.6. The number of pyridine rings is 1. The number of anilines is 1. The van der Waals surface area contributed by atoms with Crippen LogP contribution in [0.4, 0.5) is 5.82 Å². The first-order valence-electron chi connectivity index (χ1n) is 10.5. The van der Waals surface area contributed by atoms with E-state index in [1.54, 1.807) is 12.4 Å². The number of carbonyl (C=O) groups is 1. The fourth-order valence-electron chi connectivity index (χ4n) is 3.78. The van der Waals surface area contributed by atoms with Gasteiger partial charge in [-0.1, -0.05) is 18.2 Å². The van der Waals surface area contributed by atoms with Crippen LogP contribution in [0.2, 0.25) is 0 Å². The SMILES string of the molecule is Cc1nc(-c2ccncc2)nc(NCC2CCN(C(=O)c3ccccc3)CC2)c1C. The van der Waals surface area contributed by atoms with E-state index < -0.39 is 0 Å². The number of hydrogen-bond acceptors (Lipinski definition) is 5. The Balaban J connectivity index is 1.37. The monoisotopic (exact) mass is 401 g/mol. The molecule has 3 heterocycles. The molecule has 4 rings (SSSR count). The van der Waals surface area contributed by atoms with Gasteiger partial charge in [0.05, 0.1) is 0 Å². The first-order valence-corrected chi connectivity index (χ1v) is 10.5. The Kier molecular flexibility index (Phi) is 6.02. The van der Waals surface area contributed by atoms with Crippen LogP contribution >= 0.6 is 0 Å². The van der Waals surface area contributed by atoms with Crippen LogP contribution in [0.3, 0.4) is 0 Å². The highest BCUT2D eigenvalue weighted by Gasteiger charge is 2.23. The van der Waals surface area contributed by atoms with Gasteiger partial charge in [0.25, 0.3) is 5.91 Å². The summed E-state index contributed by atoms with van der Waals surface area (Å²) < 4.78 is 0. The van der Waals surface area contributed by atoms with E-state index in [1.165, 1.54) is 0 Å². The lowest BCUT2D eigenvalue weighted by Gasteiger charge is -2.32. The molecule has 1 amide bonds. The molecule has 6 heteroatoms. The third kappa shape index (κ3) is 4.48. The maximum absolute atomic E-state index is 12.6. The molecule has 0 bridgehead atoms. The van der Waals surface area contributed by atoms with Crippen molar-refractivity contribution in [1.82, 2.24) is 19.9 Å². The quantitative estimate of drug-likeness (QED) is 0.696. The number of aromatic nitrogens is 3. The van der Waals surface area contributed by atoms with Crippen molar-refractivity contribution in [1.29, 1.82) is 0 Å². The van der Waals surface area contributed by atoms with Crippen molar-refractivity contribution in [2.45, 2.75) is 26.7 Å². The Morgan fingerprint density at radius 1 is 1.03 bits per heavy atom. The lowest BCUT2D eigenvalue weighted by atomic mass is 9.96. The van der Waals surface area contributed by atoms with Gasteiger partial charge in [0.1, 0.15) is 5.82 Å². The van der Waals surface area contributed by atoms with Crippen molar-refractivity contribution < 1.29 is 4.79 Å². The van der Waals surface area contributed by atoms with E-state index in [0.29, 0.717) is 11.7 Å². The molecule has 1 N–H and O–H groups in total. The molecule has 1 aliphatic rings. The van der Waals surface area contributed by atoms with Crippen LogP contribution in [-0.4, -0.2) is 45.4 Å². The number of nitrogens with zero attached hydrogens (tertiary/aromatic N) is 4. The van der Waals surface area contributed by atoms with E-state index in [0.717, 1.165) is 60.7 Å². The molecule has 3 aromatic rings. The normalized spacial score (nSPS) is 14.5. The van der Waals surface area contributed by atoms with Crippen LogP contribution in [0.15, 0.2) is 54.9 Å². The minimum atomic E-state index is 0.131. The van der Waals surface area contributed by atoms with Crippen molar-refractivity contribution >= 4 is 11.7 Å². The summed E-state index contributed by atoms with van der Waals surface area (Å²) in [5, 5.41) is 3.54. The summed E-state index contributed by atoms with van der Waals surface area (Å²) >= 11 is 0. The maximum atomic E-state index is 12.6. The van der Waals surface area contributed by atoms with Gasteiger partial charge in [-0.05, 0) is 56.9 Å². The Bertz CT molecular complexity index is 999. The molecule has 154 valence electrons. The molecule has 0 spiro atoms. The number of benzene rings is 1. The van der Waals surface area contributed by atoms with Gasteiger partial charge in [-0.3, -0.25) is 9.78 Å². The second-order valence-electron chi connectivity index (χ2n) is 7.82. The number of piperidine rings is 1. The van der Waals surface area contributed by atoms with Crippen molar-refractivity contribution in [3.63, 3.8) is 0 Å². The lowest BCUT2D eigenvalue weighted by Crippen LogP contribution is -2.40. The van der Waals surface area contributed by atoms with Gasteiger partial charge in [-0.2, -0.15) is 0 Å². The zero-order valence-electron chi connectivity index (χ0n) is 17.5. The van der Waals surface area contributed by atoms with Crippen LogP contribution in [0.1, 0.15) is 34.5 Å². The largest absolute Gasteiger partial charge is 0.369 e. The Morgan fingerprint density at radius 2 is 1.73 bits per heavy atom. The van der Waals surface area contributed by atoms with Gasteiger partial charge in [0.15, 0.2) is 5.82 Å². The molecule has 2 aromatic heterocycles. The number of hydrogen-bond donors (Lipinski definition) is 1. The van der Waals surface area contributed by atoms with Gasteiger partial charge < -0.3 is 10.2 Å². The highest BCUT2D eigenvalue weighted by molar-refractivity contribution is 5.94. The zero-order valence-corrected chi connectivity index (χ0v) is 17.5. The van der Waals surface area contributed by atoms with Crippen LogP contribution in [0, 0.1) is 19.8 Å². The predicted octanol–water partition coefficient (Wildman–Crippen LogP) is 4.12. The van der Waals surface area contributed by atoms with Gasteiger partial charge in [-0.25, -0.2) is 9.97 Å². The Hall–Kier alpha value is -3.28. The topological polar surface area (TPSA) is 71.0 Å². The predicted molar refractivity (Wildman–Crippen MR) is 118 cm³/mol. The van der Waals surface area contributed by atoms with E-state index in [1.807, 2.05) is 54.3 Å². The molecule has 1 aliphatic heterocycles. The average Bonchev–Trinajstić information content (AvgIpc) is 2.81. The summed E-state index contributed by atoms with van der Waals surface area (Å²) in [7, 11) is 0. The number of amides is 1. The number of carbonyl (C=O) groups excluding carboxylic acids is 1. The van der Waals surface area contributed by atoms with E-state index in [4.69, 9.17) is 4.98 Å².